The van der Waals surface area contributed by atoms with Gasteiger partial charge in [0.25, 0.3) is 0 Å². The van der Waals surface area contributed by atoms with E-state index in [1.54, 1.807) is 6.26 Å². The van der Waals surface area contributed by atoms with Crippen LogP contribution in [0, 0.1) is 28.6 Å². The van der Waals surface area contributed by atoms with Crippen LogP contribution in [0.5, 0.6) is 0 Å². The summed E-state index contributed by atoms with van der Waals surface area (Å²) >= 11 is 0. The summed E-state index contributed by atoms with van der Waals surface area (Å²) in [6.45, 7) is 6.88. The van der Waals surface area contributed by atoms with Gasteiger partial charge in [0.1, 0.15) is 11.9 Å². The summed E-state index contributed by atoms with van der Waals surface area (Å²) in [7, 11) is 0. The zero-order chi connectivity index (χ0) is 17.6. The van der Waals surface area contributed by atoms with E-state index in [1.807, 2.05) is 6.07 Å². The number of carbonyl (C=O) groups excluding carboxylic acids is 1. The second-order valence-corrected chi connectivity index (χ2v) is 9.50. The van der Waals surface area contributed by atoms with Crippen molar-refractivity contribution in [3.63, 3.8) is 0 Å². The van der Waals surface area contributed by atoms with Crippen molar-refractivity contribution in [2.45, 2.75) is 64.7 Å². The Balaban J connectivity index is 1.68. The molecular formula is C20H27NO4. The fourth-order valence-corrected chi connectivity index (χ4v) is 7.08. The molecule has 1 aromatic heterocycles. The SMILES string of the molecule is CC1(C)CCC[C@]2(C)[C@H]3Cc4occc4[C@H]4NC(=O)O[C@@H]([C@H](O)[C@@H]12)[C@@H]43. The zero-order valence-electron chi connectivity index (χ0n) is 15.1. The smallest absolute Gasteiger partial charge is 0.408 e. The second-order valence-electron chi connectivity index (χ2n) is 9.50. The van der Waals surface area contributed by atoms with Gasteiger partial charge in [-0.25, -0.2) is 4.79 Å². The molecule has 1 aromatic rings. The minimum Gasteiger partial charge on any atom is -0.469 e. The standard InChI is InChI=1S/C20H27NO4/c1-19(2)6-4-7-20(3)11-9-12-10(5-8-24-12)14-13(11)16(15(22)17(19)20)25-18(23)21-14/h5,8,11,13-17,22H,4,6-7,9H2,1-3H3,(H,21,23)/t11-,13+,14+,15-,16+,17-,20+/m0/s1. The van der Waals surface area contributed by atoms with E-state index in [4.69, 9.17) is 9.15 Å². The molecule has 0 unspecified atom stereocenters. The molecular weight excluding hydrogens is 318 g/mol. The molecule has 4 aliphatic rings. The fraction of sp³-hybridized carbons (Fsp3) is 0.750. The number of hydrogen-bond acceptors (Lipinski definition) is 4. The van der Waals surface area contributed by atoms with Crippen LogP contribution in [0.15, 0.2) is 16.7 Å². The van der Waals surface area contributed by atoms with Gasteiger partial charge in [0.2, 0.25) is 0 Å². The van der Waals surface area contributed by atoms with Crippen molar-refractivity contribution in [1.82, 2.24) is 5.32 Å². The van der Waals surface area contributed by atoms with Crippen molar-refractivity contribution in [3.05, 3.63) is 23.7 Å². The Bertz CT molecular complexity index is 725. The van der Waals surface area contributed by atoms with E-state index in [0.717, 1.165) is 30.6 Å². The maximum Gasteiger partial charge on any atom is 0.408 e. The average Bonchev–Trinajstić information content (AvgIpc) is 3.00. The molecule has 0 aromatic carbocycles. The molecule has 2 N–H and O–H groups in total. The van der Waals surface area contributed by atoms with Crippen LogP contribution < -0.4 is 5.32 Å². The molecule has 3 aliphatic carbocycles. The number of nitrogens with one attached hydrogen (secondary N) is 1. The van der Waals surface area contributed by atoms with E-state index in [0.29, 0.717) is 5.92 Å². The van der Waals surface area contributed by atoms with Crippen LogP contribution in [0.2, 0.25) is 0 Å². The summed E-state index contributed by atoms with van der Waals surface area (Å²) in [6, 6.07) is 1.85. The van der Waals surface area contributed by atoms with Gasteiger partial charge in [0.05, 0.1) is 18.4 Å². The number of carbonyl (C=O) groups is 1. The number of aliphatic hydroxyl groups is 1. The van der Waals surface area contributed by atoms with Crippen LogP contribution in [-0.4, -0.2) is 23.4 Å². The lowest BCUT2D eigenvalue weighted by Gasteiger charge is -2.65. The van der Waals surface area contributed by atoms with Gasteiger partial charge < -0.3 is 19.6 Å². The molecule has 2 heterocycles. The number of hydrogen-bond donors (Lipinski definition) is 2. The predicted molar refractivity (Wildman–Crippen MR) is 90.8 cm³/mol. The largest absolute Gasteiger partial charge is 0.469 e. The lowest BCUT2D eigenvalue weighted by Crippen LogP contribution is -2.69. The van der Waals surface area contributed by atoms with Crippen molar-refractivity contribution in [2.75, 3.05) is 0 Å². The Morgan fingerprint density at radius 2 is 2.08 bits per heavy atom. The maximum atomic E-state index is 12.2. The molecule has 2 saturated carbocycles. The first-order valence-corrected chi connectivity index (χ1v) is 9.54. The number of furan rings is 1. The van der Waals surface area contributed by atoms with Gasteiger partial charge in [-0.3, -0.25) is 0 Å². The molecule has 0 bridgehead atoms. The van der Waals surface area contributed by atoms with Gasteiger partial charge >= 0.3 is 6.09 Å². The third-order valence-corrected chi connectivity index (χ3v) is 7.88. The molecule has 5 rings (SSSR count). The third-order valence-electron chi connectivity index (χ3n) is 7.88. The topological polar surface area (TPSA) is 71.7 Å². The van der Waals surface area contributed by atoms with E-state index in [2.05, 4.69) is 26.1 Å². The van der Waals surface area contributed by atoms with Crippen LogP contribution in [-0.2, 0) is 11.2 Å². The van der Waals surface area contributed by atoms with Gasteiger partial charge in [-0.15, -0.1) is 0 Å². The summed E-state index contributed by atoms with van der Waals surface area (Å²) in [5.41, 5.74) is 1.12. The normalized spacial score (nSPS) is 47.0. The van der Waals surface area contributed by atoms with Gasteiger partial charge in [-0.1, -0.05) is 27.2 Å². The number of fused-ring (bicyclic) bond motifs is 4. The van der Waals surface area contributed by atoms with Gasteiger partial charge in [-0.05, 0) is 41.6 Å². The quantitative estimate of drug-likeness (QED) is 0.756. The first-order valence-electron chi connectivity index (χ1n) is 9.54. The number of alkyl carbamates (subject to hydrolysis) is 1. The van der Waals surface area contributed by atoms with Gasteiger partial charge in [0.15, 0.2) is 0 Å². The summed E-state index contributed by atoms with van der Waals surface area (Å²) in [5, 5.41) is 14.4. The maximum absolute atomic E-state index is 12.2. The van der Waals surface area contributed by atoms with E-state index >= 15 is 0 Å². The highest BCUT2D eigenvalue weighted by Gasteiger charge is 2.66. The Morgan fingerprint density at radius 1 is 1.28 bits per heavy atom. The van der Waals surface area contributed by atoms with E-state index < -0.39 is 18.3 Å². The Labute approximate surface area is 148 Å². The van der Waals surface area contributed by atoms with Crippen molar-refractivity contribution in [3.8, 4) is 0 Å². The van der Waals surface area contributed by atoms with E-state index in [9.17, 15) is 9.90 Å². The molecule has 0 radical (unpaired) electrons. The molecule has 5 heteroatoms. The summed E-state index contributed by atoms with van der Waals surface area (Å²) in [6.07, 6.45) is 4.54. The summed E-state index contributed by atoms with van der Waals surface area (Å²) < 4.78 is 11.5. The average molecular weight is 345 g/mol. The molecule has 5 nitrogen and oxygen atoms in total. The van der Waals surface area contributed by atoms with Gasteiger partial charge in [0, 0.05) is 17.9 Å². The van der Waals surface area contributed by atoms with Crippen molar-refractivity contribution in [1.29, 1.82) is 0 Å². The Kier molecular flexibility index (Phi) is 3.03. The van der Waals surface area contributed by atoms with Crippen LogP contribution in [0.3, 0.4) is 0 Å². The number of aliphatic hydroxyl groups excluding tert-OH is 1. The minimum atomic E-state index is -0.608. The first-order chi connectivity index (χ1) is 11.8. The van der Waals surface area contributed by atoms with E-state index in [-0.39, 0.29) is 28.7 Å². The summed E-state index contributed by atoms with van der Waals surface area (Å²) in [4.78, 5) is 12.2. The zero-order valence-corrected chi connectivity index (χ0v) is 15.1. The number of ether oxygens (including phenoxy) is 1. The van der Waals surface area contributed by atoms with Crippen LogP contribution in [0.4, 0.5) is 4.79 Å². The highest BCUT2D eigenvalue weighted by atomic mass is 16.6. The number of rotatable bonds is 0. The minimum absolute atomic E-state index is 0.0243. The van der Waals surface area contributed by atoms with Crippen molar-refractivity contribution in [2.24, 2.45) is 28.6 Å². The van der Waals surface area contributed by atoms with Crippen molar-refractivity contribution >= 4 is 6.09 Å². The molecule has 1 amide bonds. The molecule has 3 fully saturated rings. The van der Waals surface area contributed by atoms with Crippen LogP contribution >= 0.6 is 0 Å². The van der Waals surface area contributed by atoms with Crippen LogP contribution in [0.1, 0.15) is 57.4 Å². The van der Waals surface area contributed by atoms with Crippen molar-refractivity contribution < 1.29 is 19.1 Å². The Hall–Kier alpha value is -1.49. The molecule has 0 spiro atoms. The molecule has 25 heavy (non-hydrogen) atoms. The monoisotopic (exact) mass is 345 g/mol. The molecule has 1 saturated heterocycles. The highest BCUT2D eigenvalue weighted by Crippen LogP contribution is 2.65. The highest BCUT2D eigenvalue weighted by molar-refractivity contribution is 5.69. The lowest BCUT2D eigenvalue weighted by atomic mass is 9.42. The predicted octanol–water partition coefficient (Wildman–Crippen LogP) is 3.42. The molecule has 136 valence electrons. The number of amides is 1. The fourth-order valence-electron chi connectivity index (χ4n) is 7.08. The van der Waals surface area contributed by atoms with E-state index in [1.165, 1.54) is 6.42 Å². The molecule has 1 aliphatic heterocycles. The van der Waals surface area contributed by atoms with Gasteiger partial charge in [-0.2, -0.15) is 0 Å². The van der Waals surface area contributed by atoms with Crippen LogP contribution in [0.25, 0.3) is 0 Å². The first kappa shape index (κ1) is 15.7. The second kappa shape index (κ2) is 4.81. The summed E-state index contributed by atoms with van der Waals surface area (Å²) in [5.74, 6) is 1.57. The third kappa shape index (κ3) is 1.90. The molecule has 7 atom stereocenters. The lowest BCUT2D eigenvalue weighted by molar-refractivity contribution is -0.226. The Morgan fingerprint density at radius 3 is 2.88 bits per heavy atom.